The van der Waals surface area contributed by atoms with E-state index in [-0.39, 0.29) is 22.6 Å². The number of benzene rings is 1. The Morgan fingerprint density at radius 1 is 1.41 bits per heavy atom. The first-order valence-electron chi connectivity index (χ1n) is 6.94. The van der Waals surface area contributed by atoms with E-state index < -0.39 is 15.3 Å². The highest BCUT2D eigenvalue weighted by atomic mass is 32.2. The van der Waals surface area contributed by atoms with E-state index in [0.717, 1.165) is 11.8 Å². The summed E-state index contributed by atoms with van der Waals surface area (Å²) >= 11 is 0. The van der Waals surface area contributed by atoms with Crippen molar-refractivity contribution in [3.8, 4) is 5.75 Å². The Kier molecular flexibility index (Phi) is 4.49. The lowest BCUT2D eigenvalue weighted by Crippen LogP contribution is -2.52. The van der Waals surface area contributed by atoms with Gasteiger partial charge in [0.05, 0.1) is 31.8 Å². The predicted molar refractivity (Wildman–Crippen MR) is 81.6 cm³/mol. The second-order valence-corrected chi connectivity index (χ2v) is 7.92. The van der Waals surface area contributed by atoms with Crippen LogP contribution in [0.15, 0.2) is 23.1 Å². The summed E-state index contributed by atoms with van der Waals surface area (Å²) in [5.74, 6) is 0.205. The number of amides is 1. The lowest BCUT2D eigenvalue weighted by molar-refractivity contribution is -0.158. The largest absolute Gasteiger partial charge is 0.495 e. The van der Waals surface area contributed by atoms with Crippen LogP contribution < -0.4 is 10.1 Å². The van der Waals surface area contributed by atoms with Gasteiger partial charge in [-0.15, -0.1) is 0 Å². The number of hydrogen-bond donors (Lipinski definition) is 1. The number of rotatable bonds is 5. The van der Waals surface area contributed by atoms with Gasteiger partial charge in [-0.2, -0.15) is 0 Å². The van der Waals surface area contributed by atoms with Crippen molar-refractivity contribution in [1.29, 1.82) is 0 Å². The third-order valence-corrected chi connectivity index (χ3v) is 4.96. The first-order valence-corrected chi connectivity index (χ1v) is 8.83. The molecular weight excluding hydrogens is 306 g/mol. The lowest BCUT2D eigenvalue weighted by Gasteiger charge is -2.37. The van der Waals surface area contributed by atoms with Gasteiger partial charge in [-0.25, -0.2) is 8.42 Å². The summed E-state index contributed by atoms with van der Waals surface area (Å²) in [4.78, 5) is 12.3. The highest BCUT2D eigenvalue weighted by Gasteiger charge is 2.41. The minimum absolute atomic E-state index is 0.0718. The molecule has 0 aromatic heterocycles. The van der Waals surface area contributed by atoms with Gasteiger partial charge in [0.1, 0.15) is 10.6 Å². The van der Waals surface area contributed by atoms with Crippen LogP contribution in [-0.4, -0.2) is 40.9 Å². The first-order chi connectivity index (χ1) is 10.2. The Balaban J connectivity index is 2.20. The minimum atomic E-state index is -3.36. The maximum atomic E-state index is 12.2. The van der Waals surface area contributed by atoms with Crippen LogP contribution in [0.25, 0.3) is 0 Å². The van der Waals surface area contributed by atoms with Gasteiger partial charge in [-0.3, -0.25) is 4.79 Å². The molecule has 1 N–H and O–H groups in total. The molecule has 0 spiro atoms. The van der Waals surface area contributed by atoms with Gasteiger partial charge in [0.25, 0.3) is 0 Å². The number of ether oxygens (including phenoxy) is 2. The molecule has 0 saturated carbocycles. The topological polar surface area (TPSA) is 81.7 Å². The lowest BCUT2D eigenvalue weighted by atomic mass is 9.87. The molecule has 1 aliphatic rings. The zero-order chi connectivity index (χ0) is 16.5. The normalized spacial score (nSPS) is 18.2. The average molecular weight is 327 g/mol. The molecule has 22 heavy (non-hydrogen) atoms. The molecule has 2 rings (SSSR count). The van der Waals surface area contributed by atoms with Gasteiger partial charge in [-0.1, -0.05) is 6.07 Å². The zero-order valence-electron chi connectivity index (χ0n) is 13.2. The number of carbonyl (C=O) groups is 1. The minimum Gasteiger partial charge on any atom is -0.495 e. The summed E-state index contributed by atoms with van der Waals surface area (Å²) in [7, 11) is -1.94. The molecule has 1 saturated heterocycles. The monoisotopic (exact) mass is 327 g/mol. The van der Waals surface area contributed by atoms with Crippen molar-refractivity contribution in [3.05, 3.63) is 23.8 Å². The number of sulfone groups is 1. The molecule has 7 heteroatoms. The van der Waals surface area contributed by atoms with Gasteiger partial charge in [-0.05, 0) is 31.5 Å². The second-order valence-electron chi connectivity index (χ2n) is 5.93. The molecule has 0 bridgehead atoms. The number of carbonyl (C=O) groups excluding carboxylic acids is 1. The van der Waals surface area contributed by atoms with Crippen molar-refractivity contribution < 1.29 is 22.7 Å². The van der Waals surface area contributed by atoms with E-state index in [1.165, 1.54) is 13.2 Å². The first kappa shape index (κ1) is 16.8. The van der Waals surface area contributed by atoms with Crippen molar-refractivity contribution in [2.24, 2.45) is 5.41 Å². The zero-order valence-corrected chi connectivity index (χ0v) is 14.0. The molecule has 122 valence electrons. The Morgan fingerprint density at radius 2 is 2.05 bits per heavy atom. The maximum Gasteiger partial charge on any atom is 0.231 e. The number of methoxy groups -OCH3 is 1. The molecule has 1 aromatic rings. The van der Waals surface area contributed by atoms with E-state index in [0.29, 0.717) is 13.2 Å². The number of hydrogen-bond acceptors (Lipinski definition) is 5. The van der Waals surface area contributed by atoms with Crippen LogP contribution in [0.1, 0.15) is 25.5 Å². The standard InChI is InChI=1S/C15H21NO5S/c1-10(16-14(17)15(2)8-21-9-15)11-5-6-13(22(4,18)19)12(7-11)20-3/h5-7,10H,8-9H2,1-4H3,(H,16,17). The van der Waals surface area contributed by atoms with Crippen LogP contribution >= 0.6 is 0 Å². The van der Waals surface area contributed by atoms with Crippen LogP contribution in [0.4, 0.5) is 0 Å². The van der Waals surface area contributed by atoms with E-state index in [1.54, 1.807) is 12.1 Å². The van der Waals surface area contributed by atoms with E-state index in [1.807, 2.05) is 13.8 Å². The fourth-order valence-electron chi connectivity index (χ4n) is 2.25. The van der Waals surface area contributed by atoms with Gasteiger partial charge < -0.3 is 14.8 Å². The van der Waals surface area contributed by atoms with Gasteiger partial charge in [0.15, 0.2) is 9.84 Å². The molecule has 1 heterocycles. The molecular formula is C15H21NO5S. The van der Waals surface area contributed by atoms with Crippen molar-refractivity contribution >= 4 is 15.7 Å². The van der Waals surface area contributed by atoms with Crippen molar-refractivity contribution in [1.82, 2.24) is 5.32 Å². The van der Waals surface area contributed by atoms with Crippen molar-refractivity contribution in [3.63, 3.8) is 0 Å². The quantitative estimate of drug-likeness (QED) is 0.882. The summed E-state index contributed by atoms with van der Waals surface area (Å²) in [6.07, 6.45) is 1.13. The molecule has 1 unspecified atom stereocenters. The molecule has 1 amide bonds. The van der Waals surface area contributed by atoms with Gasteiger partial charge >= 0.3 is 0 Å². The number of nitrogens with one attached hydrogen (secondary N) is 1. The third kappa shape index (κ3) is 3.25. The summed E-state index contributed by atoms with van der Waals surface area (Å²) in [6, 6.07) is 4.57. The van der Waals surface area contributed by atoms with E-state index in [4.69, 9.17) is 9.47 Å². The Labute approximate surface area is 130 Å². The summed E-state index contributed by atoms with van der Waals surface area (Å²) in [5.41, 5.74) is 0.298. The molecule has 1 aliphatic heterocycles. The molecule has 1 atom stereocenters. The highest BCUT2D eigenvalue weighted by molar-refractivity contribution is 7.90. The predicted octanol–water partition coefficient (Wildman–Crippen LogP) is 1.31. The van der Waals surface area contributed by atoms with Crippen LogP contribution in [0.5, 0.6) is 5.75 Å². The van der Waals surface area contributed by atoms with E-state index in [9.17, 15) is 13.2 Å². The van der Waals surface area contributed by atoms with Crippen LogP contribution in [0, 0.1) is 5.41 Å². The smallest absolute Gasteiger partial charge is 0.231 e. The highest BCUT2D eigenvalue weighted by Crippen LogP contribution is 2.30. The molecule has 0 aliphatic carbocycles. The average Bonchev–Trinajstić information content (AvgIpc) is 2.42. The van der Waals surface area contributed by atoms with Crippen LogP contribution in [0.3, 0.4) is 0 Å². The Bertz CT molecular complexity index is 679. The fourth-order valence-corrected chi connectivity index (χ4v) is 3.08. The summed E-state index contributed by atoms with van der Waals surface area (Å²) in [5, 5.41) is 2.92. The van der Waals surface area contributed by atoms with Crippen LogP contribution in [0.2, 0.25) is 0 Å². The maximum absolute atomic E-state index is 12.2. The van der Waals surface area contributed by atoms with Gasteiger partial charge in [0.2, 0.25) is 5.91 Å². The SMILES string of the molecule is COc1cc(C(C)NC(=O)C2(C)COC2)ccc1S(C)(=O)=O. The third-order valence-electron chi connectivity index (χ3n) is 3.82. The molecule has 1 aromatic carbocycles. The molecule has 0 radical (unpaired) electrons. The van der Waals surface area contributed by atoms with Crippen molar-refractivity contribution in [2.75, 3.05) is 26.6 Å². The summed E-state index contributed by atoms with van der Waals surface area (Å²) in [6.45, 7) is 4.53. The Hall–Kier alpha value is -1.60. The van der Waals surface area contributed by atoms with Crippen molar-refractivity contribution in [2.45, 2.75) is 24.8 Å². The van der Waals surface area contributed by atoms with Gasteiger partial charge in [0, 0.05) is 6.26 Å². The molecule has 6 nitrogen and oxygen atoms in total. The Morgan fingerprint density at radius 3 is 2.50 bits per heavy atom. The fraction of sp³-hybridized carbons (Fsp3) is 0.533. The van der Waals surface area contributed by atoms with Crippen LogP contribution in [-0.2, 0) is 19.4 Å². The summed E-state index contributed by atoms with van der Waals surface area (Å²) < 4.78 is 33.6. The van der Waals surface area contributed by atoms with E-state index >= 15 is 0 Å². The second kappa shape index (κ2) is 5.89. The van der Waals surface area contributed by atoms with E-state index in [2.05, 4.69) is 5.32 Å². The molecule has 1 fully saturated rings.